The third-order valence-electron chi connectivity index (χ3n) is 3.16. The largest absolute Gasteiger partial charge is 0.493 e. The molecular formula is C16H23NO5. The highest BCUT2D eigenvalue weighted by Gasteiger charge is 2.19. The number of hydrogen-bond acceptors (Lipinski definition) is 4. The second-order valence-corrected chi connectivity index (χ2v) is 5.11. The molecule has 0 bridgehead atoms. The number of aryl methyl sites for hydroxylation is 2. The Labute approximate surface area is 130 Å². The Morgan fingerprint density at radius 1 is 1.27 bits per heavy atom. The number of carbonyl (C=O) groups is 2. The Kier molecular flexibility index (Phi) is 7.39. The number of amides is 1. The number of hydrogen-bond donors (Lipinski definition) is 2. The van der Waals surface area contributed by atoms with Crippen molar-refractivity contribution in [3.8, 4) is 5.75 Å². The van der Waals surface area contributed by atoms with Gasteiger partial charge in [-0.15, -0.1) is 0 Å². The molecule has 1 atom stereocenters. The first-order valence-electron chi connectivity index (χ1n) is 7.15. The lowest BCUT2D eigenvalue weighted by molar-refractivity contribution is -0.142. The molecule has 0 fully saturated rings. The Morgan fingerprint density at radius 2 is 2.00 bits per heavy atom. The Balaban J connectivity index is 2.40. The van der Waals surface area contributed by atoms with Crippen molar-refractivity contribution < 1.29 is 24.2 Å². The predicted octanol–water partition coefficient (Wildman–Crippen LogP) is 1.68. The molecule has 0 aliphatic heterocycles. The number of carbonyl (C=O) groups excluding carboxylic acids is 1. The van der Waals surface area contributed by atoms with Crippen LogP contribution >= 0.6 is 0 Å². The molecule has 122 valence electrons. The summed E-state index contributed by atoms with van der Waals surface area (Å²) in [5.41, 5.74) is 2.15. The highest BCUT2D eigenvalue weighted by Crippen LogP contribution is 2.18. The van der Waals surface area contributed by atoms with Crippen LogP contribution in [0.1, 0.15) is 24.0 Å². The molecule has 1 amide bonds. The molecule has 1 unspecified atom stereocenters. The van der Waals surface area contributed by atoms with E-state index in [9.17, 15) is 9.59 Å². The zero-order valence-corrected chi connectivity index (χ0v) is 13.2. The minimum atomic E-state index is -1.07. The quantitative estimate of drug-likeness (QED) is 0.725. The van der Waals surface area contributed by atoms with E-state index in [1.807, 2.05) is 32.0 Å². The fraction of sp³-hybridized carbons (Fsp3) is 0.500. The number of aliphatic carboxylic acids is 1. The van der Waals surface area contributed by atoms with Gasteiger partial charge in [0.25, 0.3) is 0 Å². The lowest BCUT2D eigenvalue weighted by atomic mass is 10.1. The van der Waals surface area contributed by atoms with Crippen LogP contribution in [0.5, 0.6) is 5.75 Å². The van der Waals surface area contributed by atoms with Crippen LogP contribution < -0.4 is 10.1 Å². The van der Waals surface area contributed by atoms with Gasteiger partial charge in [0.2, 0.25) is 5.91 Å². The zero-order valence-electron chi connectivity index (χ0n) is 13.2. The summed E-state index contributed by atoms with van der Waals surface area (Å²) >= 11 is 0. The van der Waals surface area contributed by atoms with Gasteiger partial charge in [0, 0.05) is 20.1 Å². The molecule has 1 aromatic rings. The first kappa shape index (κ1) is 18.0. The van der Waals surface area contributed by atoms with Crippen molar-refractivity contribution in [3.05, 3.63) is 29.3 Å². The zero-order chi connectivity index (χ0) is 16.5. The van der Waals surface area contributed by atoms with Crippen molar-refractivity contribution in [2.45, 2.75) is 32.7 Å². The molecule has 1 aromatic carbocycles. The molecule has 0 spiro atoms. The molecule has 1 rings (SSSR count). The number of carboxylic acid groups (broad SMARTS) is 1. The SMILES string of the molecule is COCCC(NC(=O)CCOc1ccc(C)cc1C)C(=O)O. The monoisotopic (exact) mass is 309 g/mol. The Morgan fingerprint density at radius 3 is 2.59 bits per heavy atom. The van der Waals surface area contributed by atoms with E-state index in [4.69, 9.17) is 14.6 Å². The van der Waals surface area contributed by atoms with E-state index in [0.717, 1.165) is 16.9 Å². The van der Waals surface area contributed by atoms with Crippen molar-refractivity contribution in [3.63, 3.8) is 0 Å². The molecule has 0 aliphatic rings. The summed E-state index contributed by atoms with van der Waals surface area (Å²) in [5.74, 6) is -0.693. The number of rotatable bonds is 9. The van der Waals surface area contributed by atoms with Crippen LogP contribution in [0.4, 0.5) is 0 Å². The smallest absolute Gasteiger partial charge is 0.326 e. The van der Waals surface area contributed by atoms with Gasteiger partial charge in [-0.05, 0) is 25.5 Å². The standard InChI is InChI=1S/C16H23NO5/c1-11-4-5-14(12(2)10-11)22-9-7-15(18)17-13(16(19)20)6-8-21-3/h4-5,10,13H,6-9H2,1-3H3,(H,17,18)(H,19,20). The third kappa shape index (κ3) is 6.13. The maximum atomic E-state index is 11.8. The number of methoxy groups -OCH3 is 1. The van der Waals surface area contributed by atoms with Gasteiger partial charge in [-0.1, -0.05) is 17.7 Å². The maximum absolute atomic E-state index is 11.8. The number of carboxylic acids is 1. The second-order valence-electron chi connectivity index (χ2n) is 5.11. The Bertz CT molecular complexity index is 515. The normalized spacial score (nSPS) is 11.8. The molecule has 2 N–H and O–H groups in total. The van der Waals surface area contributed by atoms with Gasteiger partial charge in [-0.3, -0.25) is 4.79 Å². The van der Waals surface area contributed by atoms with Crippen LogP contribution in [-0.4, -0.2) is 43.3 Å². The maximum Gasteiger partial charge on any atom is 0.326 e. The fourth-order valence-corrected chi connectivity index (χ4v) is 1.97. The van der Waals surface area contributed by atoms with Gasteiger partial charge in [0.15, 0.2) is 0 Å². The molecule has 0 radical (unpaired) electrons. The van der Waals surface area contributed by atoms with E-state index < -0.39 is 12.0 Å². The van der Waals surface area contributed by atoms with Crippen LogP contribution in [0, 0.1) is 13.8 Å². The Hall–Kier alpha value is -2.08. The molecule has 6 nitrogen and oxygen atoms in total. The first-order chi connectivity index (χ1) is 10.4. The van der Waals surface area contributed by atoms with Crippen molar-refractivity contribution in [1.82, 2.24) is 5.32 Å². The van der Waals surface area contributed by atoms with E-state index in [-0.39, 0.29) is 32.0 Å². The van der Waals surface area contributed by atoms with Crippen LogP contribution in [-0.2, 0) is 14.3 Å². The molecule has 0 saturated heterocycles. The van der Waals surface area contributed by atoms with Crippen molar-refractivity contribution in [1.29, 1.82) is 0 Å². The fourth-order valence-electron chi connectivity index (χ4n) is 1.97. The van der Waals surface area contributed by atoms with Crippen molar-refractivity contribution in [2.24, 2.45) is 0 Å². The number of benzene rings is 1. The van der Waals surface area contributed by atoms with Gasteiger partial charge < -0.3 is 19.9 Å². The van der Waals surface area contributed by atoms with E-state index >= 15 is 0 Å². The lowest BCUT2D eigenvalue weighted by Gasteiger charge is -2.14. The molecular weight excluding hydrogens is 286 g/mol. The van der Waals surface area contributed by atoms with Crippen LogP contribution in [0.15, 0.2) is 18.2 Å². The average Bonchev–Trinajstić information content (AvgIpc) is 2.45. The highest BCUT2D eigenvalue weighted by molar-refractivity contribution is 5.83. The van der Waals surface area contributed by atoms with Crippen molar-refractivity contribution in [2.75, 3.05) is 20.3 Å². The van der Waals surface area contributed by atoms with Gasteiger partial charge in [-0.2, -0.15) is 0 Å². The summed E-state index contributed by atoms with van der Waals surface area (Å²) in [4.78, 5) is 22.8. The summed E-state index contributed by atoms with van der Waals surface area (Å²) in [6, 6.07) is 4.86. The highest BCUT2D eigenvalue weighted by atomic mass is 16.5. The second kappa shape index (κ2) is 9.04. The van der Waals surface area contributed by atoms with Crippen LogP contribution in [0.3, 0.4) is 0 Å². The minimum absolute atomic E-state index is 0.101. The summed E-state index contributed by atoms with van der Waals surface area (Å²) in [7, 11) is 1.48. The molecule has 6 heteroatoms. The molecule has 22 heavy (non-hydrogen) atoms. The minimum Gasteiger partial charge on any atom is -0.493 e. The summed E-state index contributed by atoms with van der Waals surface area (Å²) < 4.78 is 10.4. The van der Waals surface area contributed by atoms with Gasteiger partial charge >= 0.3 is 5.97 Å². The van der Waals surface area contributed by atoms with E-state index in [1.54, 1.807) is 0 Å². The van der Waals surface area contributed by atoms with Gasteiger partial charge in [0.1, 0.15) is 11.8 Å². The van der Waals surface area contributed by atoms with Crippen LogP contribution in [0.25, 0.3) is 0 Å². The summed E-state index contributed by atoms with van der Waals surface area (Å²) in [6.45, 7) is 4.41. The topological polar surface area (TPSA) is 84.9 Å². The van der Waals surface area contributed by atoms with E-state index in [0.29, 0.717) is 0 Å². The molecule has 0 aromatic heterocycles. The van der Waals surface area contributed by atoms with Crippen molar-refractivity contribution >= 4 is 11.9 Å². The average molecular weight is 309 g/mol. The van der Waals surface area contributed by atoms with Gasteiger partial charge in [0.05, 0.1) is 13.0 Å². The predicted molar refractivity (Wildman–Crippen MR) is 82.1 cm³/mol. The third-order valence-corrected chi connectivity index (χ3v) is 3.16. The molecule has 0 heterocycles. The van der Waals surface area contributed by atoms with E-state index in [2.05, 4.69) is 5.32 Å². The van der Waals surface area contributed by atoms with Gasteiger partial charge in [-0.25, -0.2) is 4.79 Å². The number of ether oxygens (including phenoxy) is 2. The summed E-state index contributed by atoms with van der Waals surface area (Å²) in [5, 5.41) is 11.5. The lowest BCUT2D eigenvalue weighted by Crippen LogP contribution is -2.41. The number of nitrogens with one attached hydrogen (secondary N) is 1. The first-order valence-corrected chi connectivity index (χ1v) is 7.15. The molecule has 0 aliphatic carbocycles. The molecule has 0 saturated carbocycles. The van der Waals surface area contributed by atoms with Crippen LogP contribution in [0.2, 0.25) is 0 Å². The summed E-state index contributed by atoms with van der Waals surface area (Å²) in [6.07, 6.45) is 0.333. The van der Waals surface area contributed by atoms with E-state index in [1.165, 1.54) is 7.11 Å².